The Labute approximate surface area is 146 Å². The molecule has 3 heterocycles. The van der Waals surface area contributed by atoms with Crippen LogP contribution in [0.15, 0.2) is 27.8 Å². The fraction of sp³-hybridized carbons (Fsp3) is 0.235. The van der Waals surface area contributed by atoms with Crippen LogP contribution in [0.1, 0.15) is 19.9 Å². The van der Waals surface area contributed by atoms with Crippen LogP contribution in [-0.4, -0.2) is 34.5 Å². The number of rotatable bonds is 2. The minimum absolute atomic E-state index is 0.0540. The third-order valence-electron chi connectivity index (χ3n) is 4.48. The minimum Gasteiger partial charge on any atom is -0.504 e. The van der Waals surface area contributed by atoms with Gasteiger partial charge in [-0.25, -0.2) is 9.78 Å². The van der Waals surface area contributed by atoms with Gasteiger partial charge >= 0.3 is 5.69 Å². The van der Waals surface area contributed by atoms with E-state index in [2.05, 4.69) is 15.1 Å². The topological polar surface area (TPSA) is 129 Å². The number of hydrogen-bond donors (Lipinski definition) is 4. The summed E-state index contributed by atoms with van der Waals surface area (Å²) in [6.07, 6.45) is 0. The number of fused-ring (bicyclic) bond motifs is 2. The van der Waals surface area contributed by atoms with Crippen LogP contribution in [0.2, 0.25) is 0 Å². The molecule has 4 rings (SSSR count). The van der Waals surface area contributed by atoms with Gasteiger partial charge in [0, 0.05) is 18.7 Å². The number of benzene rings is 1. The number of aromatic hydroxyl groups is 2. The Balaban J connectivity index is 2.28. The third-order valence-corrected chi connectivity index (χ3v) is 4.48. The first-order valence-corrected chi connectivity index (χ1v) is 8.05. The molecule has 4 N–H and O–H groups in total. The Hall–Kier alpha value is -3.49. The van der Waals surface area contributed by atoms with Gasteiger partial charge in [-0.05, 0) is 31.5 Å². The Morgan fingerprint density at radius 1 is 1.15 bits per heavy atom. The first kappa shape index (κ1) is 16.0. The van der Waals surface area contributed by atoms with Crippen LogP contribution in [0.4, 0.5) is 0 Å². The largest absolute Gasteiger partial charge is 0.504 e. The van der Waals surface area contributed by atoms with Crippen molar-refractivity contribution in [1.29, 1.82) is 0 Å². The smallest absolute Gasteiger partial charge is 0.327 e. The zero-order valence-corrected chi connectivity index (χ0v) is 14.4. The van der Waals surface area contributed by atoms with E-state index in [4.69, 9.17) is 0 Å². The summed E-state index contributed by atoms with van der Waals surface area (Å²) in [4.78, 5) is 32.0. The second-order valence-corrected chi connectivity index (χ2v) is 6.48. The molecule has 3 aromatic heterocycles. The Morgan fingerprint density at radius 3 is 2.54 bits per heavy atom. The molecule has 0 fully saturated rings. The van der Waals surface area contributed by atoms with Crippen LogP contribution < -0.4 is 11.2 Å². The molecule has 134 valence electrons. The maximum atomic E-state index is 12.7. The molecule has 0 saturated heterocycles. The number of nitrogens with zero attached hydrogens (tertiary/aromatic N) is 3. The Morgan fingerprint density at radius 2 is 1.88 bits per heavy atom. The van der Waals surface area contributed by atoms with E-state index >= 15 is 0 Å². The number of H-pyrrole nitrogens is 2. The summed E-state index contributed by atoms with van der Waals surface area (Å²) in [6.45, 7) is 3.81. The second kappa shape index (κ2) is 5.25. The average Bonchev–Trinajstić information content (AvgIpc) is 3.06. The number of aromatic amines is 2. The van der Waals surface area contributed by atoms with Gasteiger partial charge in [0.1, 0.15) is 0 Å². The maximum absolute atomic E-state index is 12.7. The number of phenolic OH excluding ortho intramolecular Hbond substituents is 2. The van der Waals surface area contributed by atoms with Crippen molar-refractivity contribution in [1.82, 2.24) is 24.3 Å². The zero-order valence-electron chi connectivity index (χ0n) is 14.4. The standard InChI is InChI=1S/C17H17N5O4/c1-7(2)22-15-12(16(25)20-22)11(8-4-5-9(23)10(24)6-8)13-14(18-15)19-17(26)21(13)3/h4-7,23-24H,1-3H3,(H,20,25)(H,18,19,26). The first-order valence-electron chi connectivity index (χ1n) is 8.05. The molecule has 0 aliphatic heterocycles. The summed E-state index contributed by atoms with van der Waals surface area (Å²) in [6, 6.07) is 4.21. The van der Waals surface area contributed by atoms with Crippen LogP contribution in [-0.2, 0) is 7.05 Å². The number of pyridine rings is 1. The quantitative estimate of drug-likeness (QED) is 0.406. The van der Waals surface area contributed by atoms with Crippen molar-refractivity contribution in [3.05, 3.63) is 39.0 Å². The van der Waals surface area contributed by atoms with Crippen molar-refractivity contribution in [3.8, 4) is 22.6 Å². The second-order valence-electron chi connectivity index (χ2n) is 6.48. The lowest BCUT2D eigenvalue weighted by Gasteiger charge is -2.10. The molecule has 9 nitrogen and oxygen atoms in total. The van der Waals surface area contributed by atoms with Gasteiger partial charge in [0.15, 0.2) is 22.8 Å². The van der Waals surface area contributed by atoms with Crippen molar-refractivity contribution in [2.24, 2.45) is 7.05 Å². The molecule has 26 heavy (non-hydrogen) atoms. The van der Waals surface area contributed by atoms with Gasteiger partial charge in [-0.15, -0.1) is 0 Å². The van der Waals surface area contributed by atoms with Crippen molar-refractivity contribution in [2.75, 3.05) is 0 Å². The summed E-state index contributed by atoms with van der Waals surface area (Å²) >= 11 is 0. The van der Waals surface area contributed by atoms with Crippen molar-refractivity contribution in [3.63, 3.8) is 0 Å². The molecular formula is C17H17N5O4. The van der Waals surface area contributed by atoms with E-state index in [9.17, 15) is 19.8 Å². The Kier molecular flexibility index (Phi) is 3.23. The van der Waals surface area contributed by atoms with E-state index in [1.165, 1.54) is 16.7 Å². The molecule has 0 saturated carbocycles. The van der Waals surface area contributed by atoms with Gasteiger partial charge in [-0.1, -0.05) is 6.07 Å². The summed E-state index contributed by atoms with van der Waals surface area (Å²) < 4.78 is 3.00. The van der Waals surface area contributed by atoms with Crippen LogP contribution in [0.3, 0.4) is 0 Å². The molecule has 4 aromatic rings. The summed E-state index contributed by atoms with van der Waals surface area (Å²) in [5.41, 5.74) is 1.42. The predicted molar refractivity (Wildman–Crippen MR) is 96.6 cm³/mol. The summed E-state index contributed by atoms with van der Waals surface area (Å²) in [5.74, 6) is -0.590. The van der Waals surface area contributed by atoms with Crippen LogP contribution in [0.5, 0.6) is 11.5 Å². The van der Waals surface area contributed by atoms with Crippen LogP contribution in [0, 0.1) is 0 Å². The van der Waals surface area contributed by atoms with E-state index in [0.29, 0.717) is 33.3 Å². The maximum Gasteiger partial charge on any atom is 0.327 e. The lowest BCUT2D eigenvalue weighted by Crippen LogP contribution is -2.12. The van der Waals surface area contributed by atoms with Gasteiger partial charge in [-0.2, -0.15) is 0 Å². The van der Waals surface area contributed by atoms with Gasteiger partial charge in [0.2, 0.25) is 0 Å². The highest BCUT2D eigenvalue weighted by molar-refractivity contribution is 6.06. The minimum atomic E-state index is -0.364. The highest BCUT2D eigenvalue weighted by atomic mass is 16.3. The van der Waals surface area contributed by atoms with Crippen molar-refractivity contribution >= 4 is 22.2 Å². The lowest BCUT2D eigenvalue weighted by atomic mass is 10.0. The fourth-order valence-corrected chi connectivity index (χ4v) is 3.21. The summed E-state index contributed by atoms with van der Waals surface area (Å²) in [7, 11) is 1.58. The third kappa shape index (κ3) is 2.06. The predicted octanol–water partition coefficient (Wildman–Crippen LogP) is 1.56. The number of nitrogens with one attached hydrogen (secondary N) is 2. The van der Waals surface area contributed by atoms with Crippen LogP contribution in [0.25, 0.3) is 33.3 Å². The number of aromatic nitrogens is 5. The van der Waals surface area contributed by atoms with Gasteiger partial charge in [0.25, 0.3) is 5.56 Å². The van der Waals surface area contributed by atoms with Gasteiger partial charge in [0.05, 0.1) is 10.9 Å². The van der Waals surface area contributed by atoms with E-state index in [1.54, 1.807) is 17.8 Å². The summed E-state index contributed by atoms with van der Waals surface area (Å²) in [5, 5.41) is 22.6. The average molecular weight is 355 g/mol. The van der Waals surface area contributed by atoms with Gasteiger partial charge in [-0.3, -0.25) is 24.1 Å². The van der Waals surface area contributed by atoms with Crippen molar-refractivity contribution in [2.45, 2.75) is 19.9 Å². The molecule has 1 aromatic carbocycles. The molecule has 9 heteroatoms. The van der Waals surface area contributed by atoms with E-state index in [-0.39, 0.29) is 28.8 Å². The molecule has 0 bridgehead atoms. The molecule has 0 amide bonds. The highest BCUT2D eigenvalue weighted by Crippen LogP contribution is 2.36. The molecule has 0 spiro atoms. The number of imidazole rings is 1. The van der Waals surface area contributed by atoms with E-state index in [0.717, 1.165) is 0 Å². The number of phenols is 2. The molecule has 0 radical (unpaired) electrons. The normalized spacial score (nSPS) is 11.8. The lowest BCUT2D eigenvalue weighted by molar-refractivity contribution is 0.404. The molecule has 0 aliphatic rings. The number of aryl methyl sites for hydroxylation is 1. The van der Waals surface area contributed by atoms with E-state index in [1.807, 2.05) is 13.8 Å². The van der Waals surface area contributed by atoms with Gasteiger partial charge < -0.3 is 10.2 Å². The molecular weight excluding hydrogens is 338 g/mol. The monoisotopic (exact) mass is 355 g/mol. The first-order chi connectivity index (χ1) is 12.3. The molecule has 0 atom stereocenters. The SMILES string of the molecule is CC(C)n1[nH]c(=O)c2c(-c3ccc(O)c(O)c3)c3c(nc21)[nH]c(=O)n3C. The highest BCUT2D eigenvalue weighted by Gasteiger charge is 2.22. The molecule has 0 unspecified atom stereocenters. The van der Waals surface area contributed by atoms with E-state index < -0.39 is 0 Å². The molecule has 0 aliphatic carbocycles. The number of hydrogen-bond acceptors (Lipinski definition) is 5. The zero-order chi connectivity index (χ0) is 18.7. The van der Waals surface area contributed by atoms with Crippen molar-refractivity contribution < 1.29 is 10.2 Å². The Bertz CT molecular complexity index is 1290. The van der Waals surface area contributed by atoms with Crippen LogP contribution >= 0.6 is 0 Å². The fourth-order valence-electron chi connectivity index (χ4n) is 3.21.